The number of rotatable bonds is 2. The fourth-order valence-corrected chi connectivity index (χ4v) is 2.70. The highest BCUT2D eigenvalue weighted by Crippen LogP contribution is 2.39. The summed E-state index contributed by atoms with van der Waals surface area (Å²) in [5.41, 5.74) is 1.31. The van der Waals surface area contributed by atoms with E-state index in [1.807, 2.05) is 18.2 Å². The van der Waals surface area contributed by atoms with Gasteiger partial charge in [0.15, 0.2) is 0 Å². The van der Waals surface area contributed by atoms with Crippen molar-refractivity contribution in [1.82, 2.24) is 0 Å². The van der Waals surface area contributed by atoms with Crippen LogP contribution in [-0.2, 0) is 12.0 Å². The number of hydrogen-bond acceptors (Lipinski definition) is 2. The Hall–Kier alpha value is -1.87. The average molecular weight is 272 g/mol. The minimum Gasteiger partial charge on any atom is -0.493 e. The molecule has 0 aromatic heterocycles. The van der Waals surface area contributed by atoms with Crippen molar-refractivity contribution in [3.8, 4) is 5.75 Å². The van der Waals surface area contributed by atoms with Crippen LogP contribution in [-0.4, -0.2) is 11.7 Å². The molecule has 1 heterocycles. The van der Waals surface area contributed by atoms with Crippen LogP contribution in [0.2, 0.25) is 0 Å². The molecule has 0 spiro atoms. The summed E-state index contributed by atoms with van der Waals surface area (Å²) in [6.07, 6.45) is 1.96. The van der Waals surface area contributed by atoms with Gasteiger partial charge in [-0.1, -0.05) is 30.3 Å². The summed E-state index contributed by atoms with van der Waals surface area (Å²) in [5.74, 6) is 0.462. The van der Waals surface area contributed by atoms with Crippen LogP contribution in [0.1, 0.15) is 30.0 Å². The average Bonchev–Trinajstić information content (AvgIpc) is 2.47. The van der Waals surface area contributed by atoms with E-state index in [0.717, 1.165) is 29.7 Å². The number of ether oxygens (including phenoxy) is 1. The Labute approximate surface area is 117 Å². The Kier molecular flexibility index (Phi) is 3.22. The van der Waals surface area contributed by atoms with Gasteiger partial charge in [-0.2, -0.15) is 0 Å². The largest absolute Gasteiger partial charge is 0.493 e. The molecule has 0 amide bonds. The molecule has 2 aromatic carbocycles. The third-order valence-corrected chi connectivity index (χ3v) is 3.86. The molecular weight excluding hydrogens is 255 g/mol. The second kappa shape index (κ2) is 4.91. The van der Waals surface area contributed by atoms with Crippen LogP contribution in [0.25, 0.3) is 0 Å². The van der Waals surface area contributed by atoms with Crippen molar-refractivity contribution < 1.29 is 14.2 Å². The van der Waals surface area contributed by atoms with Crippen molar-refractivity contribution in [3.63, 3.8) is 0 Å². The molecule has 0 saturated heterocycles. The molecule has 0 saturated carbocycles. The predicted octanol–water partition coefficient (Wildman–Crippen LogP) is 3.41. The Balaban J connectivity index is 2.09. The van der Waals surface area contributed by atoms with Crippen LogP contribution in [0.5, 0.6) is 5.75 Å². The molecule has 1 N–H and O–H groups in total. The summed E-state index contributed by atoms with van der Waals surface area (Å²) in [7, 11) is 0. The molecule has 3 rings (SSSR count). The van der Waals surface area contributed by atoms with Gasteiger partial charge < -0.3 is 9.84 Å². The first-order valence-corrected chi connectivity index (χ1v) is 6.82. The highest BCUT2D eigenvalue weighted by molar-refractivity contribution is 5.49. The van der Waals surface area contributed by atoms with Gasteiger partial charge >= 0.3 is 0 Å². The van der Waals surface area contributed by atoms with E-state index in [1.54, 1.807) is 19.1 Å². The molecule has 2 nitrogen and oxygen atoms in total. The molecule has 1 unspecified atom stereocenters. The van der Waals surface area contributed by atoms with Crippen molar-refractivity contribution >= 4 is 0 Å². The number of hydrogen-bond donors (Lipinski definition) is 1. The summed E-state index contributed by atoms with van der Waals surface area (Å²) in [6, 6.07) is 11.8. The van der Waals surface area contributed by atoms with E-state index in [2.05, 4.69) is 0 Å². The van der Waals surface area contributed by atoms with Crippen molar-refractivity contribution in [3.05, 3.63) is 65.0 Å². The fraction of sp³-hybridized carbons (Fsp3) is 0.294. The molecule has 0 aliphatic carbocycles. The van der Waals surface area contributed by atoms with Gasteiger partial charge in [-0.3, -0.25) is 0 Å². The van der Waals surface area contributed by atoms with Crippen molar-refractivity contribution in [2.75, 3.05) is 6.61 Å². The number of para-hydroxylation sites is 1. The van der Waals surface area contributed by atoms with Crippen LogP contribution in [0.3, 0.4) is 0 Å². The molecule has 1 aliphatic heterocycles. The highest BCUT2D eigenvalue weighted by atomic mass is 19.1. The smallest absolute Gasteiger partial charge is 0.128 e. The van der Waals surface area contributed by atoms with Crippen molar-refractivity contribution in [1.29, 1.82) is 0 Å². The maximum absolute atomic E-state index is 13.0. The second-order valence-corrected chi connectivity index (χ2v) is 5.32. The number of aliphatic hydroxyl groups is 1. The topological polar surface area (TPSA) is 29.5 Å². The van der Waals surface area contributed by atoms with Gasteiger partial charge in [0.1, 0.15) is 17.2 Å². The van der Waals surface area contributed by atoms with E-state index in [4.69, 9.17) is 4.74 Å². The first-order chi connectivity index (χ1) is 9.59. The fourth-order valence-electron chi connectivity index (χ4n) is 2.70. The third kappa shape index (κ3) is 2.18. The van der Waals surface area contributed by atoms with Crippen molar-refractivity contribution in [2.45, 2.75) is 25.4 Å². The molecule has 2 aromatic rings. The Morgan fingerprint density at radius 2 is 1.90 bits per heavy atom. The normalized spacial score (nSPS) is 16.9. The SMILES string of the molecule is CC(O)(c1ccc(F)cc1)c1cccc2c1OCCC2. The van der Waals surface area contributed by atoms with Gasteiger partial charge in [0.2, 0.25) is 0 Å². The molecule has 1 atom stereocenters. The van der Waals surface area contributed by atoms with Gasteiger partial charge in [0, 0.05) is 5.56 Å². The zero-order chi connectivity index (χ0) is 14.2. The Morgan fingerprint density at radius 3 is 2.65 bits per heavy atom. The van der Waals surface area contributed by atoms with Gasteiger partial charge in [-0.15, -0.1) is 0 Å². The van der Waals surface area contributed by atoms with Crippen LogP contribution in [0.15, 0.2) is 42.5 Å². The summed E-state index contributed by atoms with van der Waals surface area (Å²) < 4.78 is 18.8. The number of benzene rings is 2. The molecule has 104 valence electrons. The molecule has 0 fully saturated rings. The Morgan fingerprint density at radius 1 is 1.15 bits per heavy atom. The number of halogens is 1. The second-order valence-electron chi connectivity index (χ2n) is 5.32. The minimum atomic E-state index is -1.20. The monoisotopic (exact) mass is 272 g/mol. The van der Waals surface area contributed by atoms with E-state index >= 15 is 0 Å². The molecular formula is C17H17FO2. The van der Waals surface area contributed by atoms with Gasteiger partial charge in [-0.25, -0.2) is 4.39 Å². The summed E-state index contributed by atoms with van der Waals surface area (Å²) in [5, 5.41) is 10.9. The third-order valence-electron chi connectivity index (χ3n) is 3.86. The van der Waals surface area contributed by atoms with E-state index in [-0.39, 0.29) is 5.82 Å². The highest BCUT2D eigenvalue weighted by Gasteiger charge is 2.31. The van der Waals surface area contributed by atoms with Crippen LogP contribution in [0.4, 0.5) is 4.39 Å². The Bertz CT molecular complexity index is 617. The van der Waals surface area contributed by atoms with Crippen molar-refractivity contribution in [2.24, 2.45) is 0 Å². The number of fused-ring (bicyclic) bond motifs is 1. The van der Waals surface area contributed by atoms with Crippen LogP contribution in [0, 0.1) is 5.82 Å². The lowest BCUT2D eigenvalue weighted by atomic mass is 9.85. The summed E-state index contributed by atoms with van der Waals surface area (Å²) in [6.45, 7) is 2.39. The predicted molar refractivity (Wildman–Crippen MR) is 75.3 cm³/mol. The lowest BCUT2D eigenvalue weighted by molar-refractivity contribution is 0.0967. The molecule has 1 aliphatic rings. The lowest BCUT2D eigenvalue weighted by Crippen LogP contribution is -2.25. The maximum Gasteiger partial charge on any atom is 0.128 e. The van der Waals surface area contributed by atoms with Gasteiger partial charge in [0.05, 0.1) is 6.61 Å². The van der Waals surface area contributed by atoms with Gasteiger partial charge in [-0.05, 0) is 43.0 Å². The minimum absolute atomic E-state index is 0.309. The van der Waals surface area contributed by atoms with E-state index in [1.165, 1.54) is 12.1 Å². The first-order valence-electron chi connectivity index (χ1n) is 6.82. The lowest BCUT2D eigenvalue weighted by Gasteiger charge is -2.29. The first kappa shape index (κ1) is 13.1. The van der Waals surface area contributed by atoms with E-state index in [9.17, 15) is 9.50 Å². The molecule has 3 heteroatoms. The zero-order valence-corrected chi connectivity index (χ0v) is 11.4. The van der Waals surface area contributed by atoms with Gasteiger partial charge in [0.25, 0.3) is 0 Å². The standard InChI is InChI=1S/C17H17FO2/c1-17(19,13-7-9-14(18)10-8-13)15-6-2-4-12-5-3-11-20-16(12)15/h2,4,6-10,19H,3,5,11H2,1H3. The molecule has 0 bridgehead atoms. The summed E-state index contributed by atoms with van der Waals surface area (Å²) >= 11 is 0. The summed E-state index contributed by atoms with van der Waals surface area (Å²) in [4.78, 5) is 0. The van der Waals surface area contributed by atoms with Crippen LogP contribution < -0.4 is 4.74 Å². The van der Waals surface area contributed by atoms with E-state index < -0.39 is 5.60 Å². The number of aryl methyl sites for hydroxylation is 1. The molecule has 20 heavy (non-hydrogen) atoms. The molecule has 0 radical (unpaired) electrons. The van der Waals surface area contributed by atoms with E-state index in [0.29, 0.717) is 12.2 Å². The quantitative estimate of drug-likeness (QED) is 0.908. The zero-order valence-electron chi connectivity index (χ0n) is 11.4. The van der Waals surface area contributed by atoms with Crippen LogP contribution >= 0.6 is 0 Å². The maximum atomic E-state index is 13.0.